The van der Waals surface area contributed by atoms with Gasteiger partial charge in [0.15, 0.2) is 0 Å². The Balaban J connectivity index is 2.93. The molecule has 0 aliphatic heterocycles. The average Bonchev–Trinajstić information content (AvgIpc) is 2.42. The van der Waals surface area contributed by atoms with Crippen molar-refractivity contribution in [3.63, 3.8) is 0 Å². The van der Waals surface area contributed by atoms with Crippen molar-refractivity contribution in [2.24, 2.45) is 0 Å². The number of hydrogen-bond donors (Lipinski definition) is 1. The van der Waals surface area contributed by atoms with Crippen LogP contribution < -0.4 is 5.32 Å². The third-order valence-corrected chi connectivity index (χ3v) is 2.79. The number of nitrogens with zero attached hydrogens (tertiary/aromatic N) is 1. The van der Waals surface area contributed by atoms with E-state index >= 15 is 0 Å². The molecule has 1 aromatic carbocycles. The Kier molecular flexibility index (Phi) is 5.80. The van der Waals surface area contributed by atoms with Crippen molar-refractivity contribution in [2.45, 2.75) is 32.2 Å². The molecule has 0 spiro atoms. The average molecular weight is 264 g/mol. The van der Waals surface area contributed by atoms with Crippen molar-refractivity contribution < 1.29 is 13.9 Å². The van der Waals surface area contributed by atoms with Crippen LogP contribution in [0.4, 0.5) is 10.1 Å². The molecule has 0 aliphatic rings. The van der Waals surface area contributed by atoms with Crippen LogP contribution in [0.2, 0.25) is 0 Å². The van der Waals surface area contributed by atoms with E-state index in [0.717, 1.165) is 12.8 Å². The van der Waals surface area contributed by atoms with E-state index < -0.39 is 17.8 Å². The molecule has 0 aliphatic carbocycles. The number of rotatable bonds is 6. The molecule has 1 aromatic rings. The van der Waals surface area contributed by atoms with E-state index in [1.807, 2.05) is 6.92 Å². The van der Waals surface area contributed by atoms with Gasteiger partial charge in [-0.15, -0.1) is 0 Å². The number of anilines is 1. The molecule has 5 heteroatoms. The summed E-state index contributed by atoms with van der Waals surface area (Å²) in [5.74, 6) is -1.02. The van der Waals surface area contributed by atoms with Gasteiger partial charge in [-0.05, 0) is 18.6 Å². The van der Waals surface area contributed by atoms with Crippen molar-refractivity contribution in [2.75, 3.05) is 12.4 Å². The molecule has 0 saturated heterocycles. The highest BCUT2D eigenvalue weighted by Crippen LogP contribution is 2.20. The first-order valence-electron chi connectivity index (χ1n) is 6.17. The number of hydrogen-bond acceptors (Lipinski definition) is 4. The van der Waals surface area contributed by atoms with Crippen molar-refractivity contribution in [3.8, 4) is 6.07 Å². The topological polar surface area (TPSA) is 62.1 Å². The summed E-state index contributed by atoms with van der Waals surface area (Å²) in [6, 6.07) is 5.50. The summed E-state index contributed by atoms with van der Waals surface area (Å²) in [6.45, 7) is 2.01. The zero-order valence-corrected chi connectivity index (χ0v) is 11.1. The van der Waals surface area contributed by atoms with Crippen LogP contribution in [0, 0.1) is 17.1 Å². The van der Waals surface area contributed by atoms with Gasteiger partial charge in [-0.2, -0.15) is 5.26 Å². The first-order chi connectivity index (χ1) is 9.13. The smallest absolute Gasteiger partial charge is 0.328 e. The lowest BCUT2D eigenvalue weighted by Crippen LogP contribution is -2.31. The third-order valence-electron chi connectivity index (χ3n) is 2.79. The maximum Gasteiger partial charge on any atom is 0.328 e. The Morgan fingerprint density at radius 1 is 1.58 bits per heavy atom. The van der Waals surface area contributed by atoms with Gasteiger partial charge in [-0.1, -0.05) is 25.8 Å². The van der Waals surface area contributed by atoms with Gasteiger partial charge in [0, 0.05) is 0 Å². The Morgan fingerprint density at radius 3 is 2.89 bits per heavy atom. The van der Waals surface area contributed by atoms with Crippen molar-refractivity contribution in [3.05, 3.63) is 29.6 Å². The number of esters is 1. The van der Waals surface area contributed by atoms with Crippen LogP contribution >= 0.6 is 0 Å². The van der Waals surface area contributed by atoms with E-state index in [2.05, 4.69) is 5.32 Å². The molecule has 0 heterocycles. The molecule has 0 radical (unpaired) electrons. The van der Waals surface area contributed by atoms with Crippen LogP contribution in [0.3, 0.4) is 0 Å². The van der Waals surface area contributed by atoms with Gasteiger partial charge < -0.3 is 10.1 Å². The normalized spacial score (nSPS) is 11.5. The largest absolute Gasteiger partial charge is 0.467 e. The number of benzene rings is 1. The molecule has 19 heavy (non-hydrogen) atoms. The lowest BCUT2D eigenvalue weighted by atomic mass is 10.1. The second kappa shape index (κ2) is 7.37. The molecule has 1 atom stereocenters. The molecular weight excluding hydrogens is 247 g/mol. The summed E-state index contributed by atoms with van der Waals surface area (Å²) < 4.78 is 18.2. The molecule has 0 aromatic heterocycles. The van der Waals surface area contributed by atoms with Crippen LogP contribution in [0.5, 0.6) is 0 Å². The summed E-state index contributed by atoms with van der Waals surface area (Å²) in [4.78, 5) is 11.6. The SMILES string of the molecule is CCCCC(Nc1cccc(F)c1C#N)C(=O)OC. The minimum absolute atomic E-state index is 0.0899. The minimum atomic E-state index is -0.605. The van der Waals surface area contributed by atoms with Crippen LogP contribution in [0.1, 0.15) is 31.7 Å². The summed E-state index contributed by atoms with van der Waals surface area (Å²) in [5, 5.41) is 11.8. The highest BCUT2D eigenvalue weighted by atomic mass is 19.1. The Labute approximate surface area is 112 Å². The molecule has 0 amide bonds. The Hall–Kier alpha value is -2.09. The summed E-state index contributed by atoms with van der Waals surface area (Å²) in [5.41, 5.74) is 0.224. The predicted molar refractivity (Wildman–Crippen MR) is 70.1 cm³/mol. The number of unbranched alkanes of at least 4 members (excludes halogenated alkanes) is 1. The monoisotopic (exact) mass is 264 g/mol. The molecular formula is C14H17FN2O2. The fraction of sp³-hybridized carbons (Fsp3) is 0.429. The van der Waals surface area contributed by atoms with Gasteiger partial charge >= 0.3 is 5.97 Å². The van der Waals surface area contributed by atoms with Gasteiger partial charge in [0.2, 0.25) is 0 Å². The van der Waals surface area contributed by atoms with Crippen molar-refractivity contribution in [1.29, 1.82) is 5.26 Å². The van der Waals surface area contributed by atoms with Gasteiger partial charge in [0.05, 0.1) is 12.8 Å². The molecule has 1 unspecified atom stereocenters. The van der Waals surface area contributed by atoms with Crippen LogP contribution in [-0.4, -0.2) is 19.1 Å². The van der Waals surface area contributed by atoms with E-state index in [9.17, 15) is 9.18 Å². The number of ether oxygens (including phenoxy) is 1. The number of carbonyl (C=O) groups excluding carboxylic acids is 1. The Bertz CT molecular complexity index is 483. The second-order valence-corrected chi connectivity index (χ2v) is 4.14. The van der Waals surface area contributed by atoms with E-state index in [4.69, 9.17) is 10.00 Å². The molecule has 4 nitrogen and oxygen atoms in total. The second-order valence-electron chi connectivity index (χ2n) is 4.14. The lowest BCUT2D eigenvalue weighted by Gasteiger charge is -2.18. The van der Waals surface area contributed by atoms with Crippen molar-refractivity contribution in [1.82, 2.24) is 0 Å². The fourth-order valence-electron chi connectivity index (χ4n) is 1.75. The molecule has 1 rings (SSSR count). The maximum atomic E-state index is 13.5. The quantitative estimate of drug-likeness (QED) is 0.802. The standard InChI is InChI=1S/C14H17FN2O2/c1-3-4-7-13(14(18)19-2)17-12-8-5-6-11(15)10(12)9-16/h5-6,8,13,17H,3-4,7H2,1-2H3. The summed E-state index contributed by atoms with van der Waals surface area (Å²) in [6.07, 6.45) is 2.35. The zero-order valence-electron chi connectivity index (χ0n) is 11.1. The van der Waals surface area contributed by atoms with E-state index in [0.29, 0.717) is 12.1 Å². The van der Waals surface area contributed by atoms with Gasteiger partial charge in [-0.3, -0.25) is 0 Å². The first-order valence-corrected chi connectivity index (χ1v) is 6.17. The molecule has 0 saturated carbocycles. The maximum absolute atomic E-state index is 13.5. The third kappa shape index (κ3) is 3.95. The van der Waals surface area contributed by atoms with Crippen LogP contribution in [-0.2, 0) is 9.53 Å². The number of methoxy groups -OCH3 is 1. The molecule has 0 fully saturated rings. The van der Waals surface area contributed by atoms with Crippen molar-refractivity contribution >= 4 is 11.7 Å². The molecule has 0 bridgehead atoms. The number of nitrogens with one attached hydrogen (secondary N) is 1. The van der Waals surface area contributed by atoms with Crippen LogP contribution in [0.15, 0.2) is 18.2 Å². The molecule has 102 valence electrons. The first kappa shape index (κ1) is 15.0. The summed E-state index contributed by atoms with van der Waals surface area (Å²) >= 11 is 0. The highest BCUT2D eigenvalue weighted by molar-refractivity contribution is 5.80. The highest BCUT2D eigenvalue weighted by Gasteiger charge is 2.20. The fourth-order valence-corrected chi connectivity index (χ4v) is 1.75. The number of nitriles is 1. The molecule has 1 N–H and O–H groups in total. The predicted octanol–water partition coefficient (Wildman–Crippen LogP) is 2.84. The van der Waals surface area contributed by atoms with Gasteiger partial charge in [-0.25, -0.2) is 9.18 Å². The van der Waals surface area contributed by atoms with E-state index in [1.54, 1.807) is 12.1 Å². The number of halogens is 1. The van der Waals surface area contributed by atoms with E-state index in [-0.39, 0.29) is 5.56 Å². The van der Waals surface area contributed by atoms with Crippen LogP contribution in [0.25, 0.3) is 0 Å². The van der Waals surface area contributed by atoms with E-state index in [1.165, 1.54) is 19.2 Å². The summed E-state index contributed by atoms with van der Waals surface area (Å²) in [7, 11) is 1.31. The zero-order chi connectivity index (χ0) is 14.3. The number of carbonyl (C=O) groups is 1. The lowest BCUT2D eigenvalue weighted by molar-refractivity contribution is -0.141. The van der Waals surface area contributed by atoms with Gasteiger partial charge in [0.1, 0.15) is 23.5 Å². The minimum Gasteiger partial charge on any atom is -0.467 e. The Morgan fingerprint density at radius 2 is 2.32 bits per heavy atom. The van der Waals surface area contributed by atoms with Gasteiger partial charge in [0.25, 0.3) is 0 Å².